The van der Waals surface area contributed by atoms with Crippen LogP contribution in [0.1, 0.15) is 24.2 Å². The maximum atomic E-state index is 12.6. The molecule has 26 heavy (non-hydrogen) atoms. The second-order valence-corrected chi connectivity index (χ2v) is 7.04. The third kappa shape index (κ3) is 4.84. The van der Waals surface area contributed by atoms with Crippen LogP contribution in [-0.4, -0.2) is 49.2 Å². The van der Waals surface area contributed by atoms with Gasteiger partial charge < -0.3 is 14.8 Å². The molecule has 0 saturated carbocycles. The molecule has 0 unspecified atom stereocenters. The summed E-state index contributed by atoms with van der Waals surface area (Å²) in [7, 11) is 0. The van der Waals surface area contributed by atoms with Crippen LogP contribution in [0.2, 0.25) is 0 Å². The fourth-order valence-electron chi connectivity index (χ4n) is 3.00. The molecular formula is C21H26N2O3. The minimum absolute atomic E-state index is 0.0927. The van der Waals surface area contributed by atoms with Crippen LogP contribution >= 0.6 is 0 Å². The van der Waals surface area contributed by atoms with Crippen LogP contribution in [-0.2, 0) is 4.74 Å². The molecule has 138 valence electrons. The Morgan fingerprint density at radius 2 is 1.77 bits per heavy atom. The molecule has 1 aliphatic rings. The standard InChI is InChI=1S/C21H26N2O3/c1-21(2,23-11-13-25-14-12-23)16-22-20(24)17-7-6-10-19(15-17)26-18-8-4-3-5-9-18/h3-10,15H,11-14,16H2,1-2H3,(H,22,24). The van der Waals surface area contributed by atoms with E-state index in [0.29, 0.717) is 17.9 Å². The Hall–Kier alpha value is -2.37. The number of hydrogen-bond donors (Lipinski definition) is 1. The molecular weight excluding hydrogens is 328 g/mol. The second kappa shape index (κ2) is 8.34. The van der Waals surface area contributed by atoms with Crippen molar-refractivity contribution in [3.05, 3.63) is 60.2 Å². The molecule has 5 nitrogen and oxygen atoms in total. The van der Waals surface area contributed by atoms with Gasteiger partial charge in [0, 0.05) is 30.7 Å². The first-order chi connectivity index (χ1) is 12.5. The number of carbonyl (C=O) groups excluding carboxylic acids is 1. The summed E-state index contributed by atoms with van der Waals surface area (Å²) < 4.78 is 11.2. The first-order valence-electron chi connectivity index (χ1n) is 8.98. The largest absolute Gasteiger partial charge is 0.457 e. The van der Waals surface area contributed by atoms with Gasteiger partial charge >= 0.3 is 0 Å². The quantitative estimate of drug-likeness (QED) is 0.865. The highest BCUT2D eigenvalue weighted by Gasteiger charge is 2.28. The van der Waals surface area contributed by atoms with Gasteiger partial charge in [-0.15, -0.1) is 0 Å². The van der Waals surface area contributed by atoms with Crippen molar-refractivity contribution in [3.63, 3.8) is 0 Å². The summed E-state index contributed by atoms with van der Waals surface area (Å²) in [6, 6.07) is 16.8. The van der Waals surface area contributed by atoms with Crippen LogP contribution in [0.3, 0.4) is 0 Å². The van der Waals surface area contributed by atoms with Crippen molar-refractivity contribution in [2.45, 2.75) is 19.4 Å². The lowest BCUT2D eigenvalue weighted by Crippen LogP contribution is -2.55. The number of nitrogens with zero attached hydrogens (tertiary/aromatic N) is 1. The highest BCUT2D eigenvalue weighted by Crippen LogP contribution is 2.22. The van der Waals surface area contributed by atoms with E-state index >= 15 is 0 Å². The van der Waals surface area contributed by atoms with Gasteiger partial charge in [0.1, 0.15) is 11.5 Å². The Balaban J connectivity index is 1.60. The van der Waals surface area contributed by atoms with Crippen molar-refractivity contribution >= 4 is 5.91 Å². The molecule has 0 aliphatic carbocycles. The van der Waals surface area contributed by atoms with E-state index in [9.17, 15) is 4.79 Å². The van der Waals surface area contributed by atoms with Crippen LogP contribution in [0.15, 0.2) is 54.6 Å². The second-order valence-electron chi connectivity index (χ2n) is 7.04. The maximum Gasteiger partial charge on any atom is 0.251 e. The highest BCUT2D eigenvalue weighted by atomic mass is 16.5. The fourth-order valence-corrected chi connectivity index (χ4v) is 3.00. The van der Waals surface area contributed by atoms with Gasteiger partial charge in [0.05, 0.1) is 13.2 Å². The number of morpholine rings is 1. The minimum Gasteiger partial charge on any atom is -0.457 e. The number of para-hydroxylation sites is 1. The Bertz CT molecular complexity index is 725. The lowest BCUT2D eigenvalue weighted by Gasteiger charge is -2.40. The first-order valence-corrected chi connectivity index (χ1v) is 8.98. The number of hydrogen-bond acceptors (Lipinski definition) is 4. The van der Waals surface area contributed by atoms with Crippen LogP contribution in [0.25, 0.3) is 0 Å². The third-order valence-electron chi connectivity index (χ3n) is 4.62. The molecule has 1 amide bonds. The van der Waals surface area contributed by atoms with E-state index in [1.165, 1.54) is 0 Å². The zero-order chi connectivity index (χ0) is 18.4. The maximum absolute atomic E-state index is 12.6. The molecule has 3 rings (SSSR count). The predicted molar refractivity (Wildman–Crippen MR) is 102 cm³/mol. The van der Waals surface area contributed by atoms with E-state index < -0.39 is 0 Å². The van der Waals surface area contributed by atoms with Gasteiger partial charge in [-0.1, -0.05) is 24.3 Å². The number of benzene rings is 2. The zero-order valence-electron chi connectivity index (χ0n) is 15.4. The lowest BCUT2D eigenvalue weighted by atomic mass is 10.0. The summed E-state index contributed by atoms with van der Waals surface area (Å²) >= 11 is 0. The van der Waals surface area contributed by atoms with E-state index in [4.69, 9.17) is 9.47 Å². The van der Waals surface area contributed by atoms with Crippen molar-refractivity contribution in [1.29, 1.82) is 0 Å². The first kappa shape index (κ1) is 18.4. The van der Waals surface area contributed by atoms with E-state index in [1.807, 2.05) is 42.5 Å². The number of ether oxygens (including phenoxy) is 2. The Morgan fingerprint density at radius 1 is 1.08 bits per heavy atom. The fraction of sp³-hybridized carbons (Fsp3) is 0.381. The molecule has 5 heteroatoms. The smallest absolute Gasteiger partial charge is 0.251 e. The van der Waals surface area contributed by atoms with Crippen LogP contribution in [0.4, 0.5) is 0 Å². The summed E-state index contributed by atoms with van der Waals surface area (Å²) in [5, 5.41) is 3.05. The molecule has 0 aromatic heterocycles. The Morgan fingerprint density at radius 3 is 2.50 bits per heavy atom. The van der Waals surface area contributed by atoms with Gasteiger partial charge in [0.2, 0.25) is 0 Å². The molecule has 0 atom stereocenters. The summed E-state index contributed by atoms with van der Waals surface area (Å²) in [5.74, 6) is 1.31. The molecule has 1 saturated heterocycles. The lowest BCUT2D eigenvalue weighted by molar-refractivity contribution is -0.00923. The van der Waals surface area contributed by atoms with Gasteiger partial charge in [-0.05, 0) is 44.2 Å². The van der Waals surface area contributed by atoms with E-state index in [0.717, 1.165) is 32.1 Å². The molecule has 1 N–H and O–H groups in total. The van der Waals surface area contributed by atoms with Crippen LogP contribution in [0.5, 0.6) is 11.5 Å². The third-order valence-corrected chi connectivity index (χ3v) is 4.62. The normalized spacial score (nSPS) is 15.5. The summed E-state index contributed by atoms with van der Waals surface area (Å²) in [6.45, 7) is 8.15. The van der Waals surface area contributed by atoms with Crippen molar-refractivity contribution in [3.8, 4) is 11.5 Å². The molecule has 1 heterocycles. The molecule has 2 aromatic rings. The SMILES string of the molecule is CC(C)(CNC(=O)c1cccc(Oc2ccccc2)c1)N1CCOCC1. The van der Waals surface area contributed by atoms with Crippen LogP contribution < -0.4 is 10.1 Å². The van der Waals surface area contributed by atoms with Gasteiger partial charge in [0.15, 0.2) is 0 Å². The summed E-state index contributed by atoms with van der Waals surface area (Å²) in [4.78, 5) is 14.9. The average Bonchev–Trinajstić information content (AvgIpc) is 2.68. The van der Waals surface area contributed by atoms with Crippen molar-refractivity contribution in [1.82, 2.24) is 10.2 Å². The zero-order valence-corrected chi connectivity index (χ0v) is 15.4. The summed E-state index contributed by atoms with van der Waals surface area (Å²) in [6.07, 6.45) is 0. The number of rotatable bonds is 6. The van der Waals surface area contributed by atoms with E-state index in [-0.39, 0.29) is 11.4 Å². The topological polar surface area (TPSA) is 50.8 Å². The Kier molecular flexibility index (Phi) is 5.91. The van der Waals surface area contributed by atoms with Gasteiger partial charge in [0.25, 0.3) is 5.91 Å². The predicted octanol–water partition coefficient (Wildman–Crippen LogP) is 3.32. The Labute approximate surface area is 154 Å². The van der Waals surface area contributed by atoms with Crippen molar-refractivity contribution in [2.24, 2.45) is 0 Å². The molecule has 1 fully saturated rings. The molecule has 2 aromatic carbocycles. The molecule has 1 aliphatic heterocycles. The van der Waals surface area contributed by atoms with Crippen LogP contribution in [0, 0.1) is 0 Å². The van der Waals surface area contributed by atoms with Crippen molar-refractivity contribution in [2.75, 3.05) is 32.8 Å². The highest BCUT2D eigenvalue weighted by molar-refractivity contribution is 5.94. The minimum atomic E-state index is -0.114. The summed E-state index contributed by atoms with van der Waals surface area (Å²) in [5.41, 5.74) is 0.480. The monoisotopic (exact) mass is 354 g/mol. The van der Waals surface area contributed by atoms with E-state index in [2.05, 4.69) is 24.1 Å². The number of amides is 1. The number of nitrogens with one attached hydrogen (secondary N) is 1. The van der Waals surface area contributed by atoms with E-state index in [1.54, 1.807) is 12.1 Å². The average molecular weight is 354 g/mol. The molecule has 0 spiro atoms. The van der Waals surface area contributed by atoms with Crippen molar-refractivity contribution < 1.29 is 14.3 Å². The molecule has 0 radical (unpaired) electrons. The van der Waals surface area contributed by atoms with Gasteiger partial charge in [-0.2, -0.15) is 0 Å². The molecule has 0 bridgehead atoms. The van der Waals surface area contributed by atoms with Gasteiger partial charge in [-0.25, -0.2) is 0 Å². The van der Waals surface area contributed by atoms with Gasteiger partial charge in [-0.3, -0.25) is 9.69 Å². The number of carbonyl (C=O) groups is 1.